The van der Waals surface area contributed by atoms with E-state index >= 15 is 0 Å². The van der Waals surface area contributed by atoms with E-state index in [2.05, 4.69) is 4.98 Å². The molecule has 1 aromatic carbocycles. The van der Waals surface area contributed by atoms with Crippen molar-refractivity contribution in [3.63, 3.8) is 0 Å². The van der Waals surface area contributed by atoms with Gasteiger partial charge in [-0.15, -0.1) is 0 Å². The van der Waals surface area contributed by atoms with Crippen molar-refractivity contribution in [3.05, 3.63) is 47.5 Å². The summed E-state index contributed by atoms with van der Waals surface area (Å²) in [6.45, 7) is 5.55. The van der Waals surface area contributed by atoms with Gasteiger partial charge < -0.3 is 9.84 Å². The SMILES string of the molecule is COc1cc(C(=O)C(C)(C)C)cc(-c2ccc(C(=O)O)cc2)n1. The van der Waals surface area contributed by atoms with Gasteiger partial charge in [0.15, 0.2) is 5.78 Å². The molecule has 0 radical (unpaired) electrons. The predicted molar refractivity (Wildman–Crippen MR) is 87.0 cm³/mol. The van der Waals surface area contributed by atoms with Crippen LogP contribution in [0.5, 0.6) is 5.88 Å². The Morgan fingerprint density at radius 3 is 2.13 bits per heavy atom. The summed E-state index contributed by atoms with van der Waals surface area (Å²) in [5.74, 6) is -0.655. The molecule has 5 heteroatoms. The van der Waals surface area contributed by atoms with Crippen LogP contribution in [-0.2, 0) is 0 Å². The van der Waals surface area contributed by atoms with Gasteiger partial charge in [0, 0.05) is 22.6 Å². The van der Waals surface area contributed by atoms with E-state index in [0.717, 1.165) is 5.56 Å². The Labute approximate surface area is 134 Å². The van der Waals surface area contributed by atoms with Crippen molar-refractivity contribution in [1.29, 1.82) is 0 Å². The highest BCUT2D eigenvalue weighted by Gasteiger charge is 2.24. The van der Waals surface area contributed by atoms with Crippen LogP contribution in [0.25, 0.3) is 11.3 Å². The average Bonchev–Trinajstić information content (AvgIpc) is 2.52. The molecule has 1 heterocycles. The van der Waals surface area contributed by atoms with Crippen molar-refractivity contribution >= 4 is 11.8 Å². The first-order valence-electron chi connectivity index (χ1n) is 7.17. The molecule has 0 aliphatic rings. The molecular weight excluding hydrogens is 294 g/mol. The zero-order valence-corrected chi connectivity index (χ0v) is 13.6. The monoisotopic (exact) mass is 313 g/mol. The van der Waals surface area contributed by atoms with Gasteiger partial charge in [-0.2, -0.15) is 0 Å². The number of ether oxygens (including phenoxy) is 1. The molecule has 2 aromatic rings. The molecule has 0 fully saturated rings. The van der Waals surface area contributed by atoms with E-state index in [1.54, 1.807) is 24.3 Å². The summed E-state index contributed by atoms with van der Waals surface area (Å²) >= 11 is 0. The van der Waals surface area contributed by atoms with Gasteiger partial charge >= 0.3 is 5.97 Å². The van der Waals surface area contributed by atoms with Gasteiger partial charge in [0.05, 0.1) is 18.4 Å². The molecule has 2 rings (SSSR count). The molecule has 0 bridgehead atoms. The summed E-state index contributed by atoms with van der Waals surface area (Å²) in [6, 6.07) is 9.65. The van der Waals surface area contributed by atoms with Crippen LogP contribution in [0.4, 0.5) is 0 Å². The number of ketones is 1. The number of Topliss-reactive ketones (excluding diaryl/α,β-unsaturated/α-hetero) is 1. The number of methoxy groups -OCH3 is 1. The topological polar surface area (TPSA) is 76.5 Å². The Morgan fingerprint density at radius 2 is 1.65 bits per heavy atom. The molecule has 1 N–H and O–H groups in total. The number of benzene rings is 1. The highest BCUT2D eigenvalue weighted by atomic mass is 16.5. The quantitative estimate of drug-likeness (QED) is 0.871. The zero-order valence-electron chi connectivity index (χ0n) is 13.6. The normalized spacial score (nSPS) is 11.1. The number of hydrogen-bond donors (Lipinski definition) is 1. The predicted octanol–water partition coefficient (Wildman–Crippen LogP) is 3.68. The number of aromatic nitrogens is 1. The minimum Gasteiger partial charge on any atom is -0.481 e. The van der Waals surface area contributed by atoms with Crippen LogP contribution in [0.1, 0.15) is 41.5 Å². The van der Waals surface area contributed by atoms with Gasteiger partial charge in [-0.1, -0.05) is 32.9 Å². The van der Waals surface area contributed by atoms with Crippen molar-refractivity contribution in [2.75, 3.05) is 7.11 Å². The van der Waals surface area contributed by atoms with E-state index in [1.807, 2.05) is 20.8 Å². The van der Waals surface area contributed by atoms with Crippen molar-refractivity contribution in [1.82, 2.24) is 4.98 Å². The summed E-state index contributed by atoms with van der Waals surface area (Å²) in [5, 5.41) is 8.95. The fraction of sp³-hybridized carbons (Fsp3) is 0.278. The summed E-state index contributed by atoms with van der Waals surface area (Å²) in [5.41, 5.74) is 1.48. The maximum absolute atomic E-state index is 12.5. The molecule has 0 saturated carbocycles. The summed E-state index contributed by atoms with van der Waals surface area (Å²) in [7, 11) is 1.49. The summed E-state index contributed by atoms with van der Waals surface area (Å²) < 4.78 is 5.18. The molecule has 0 aliphatic heterocycles. The van der Waals surface area contributed by atoms with E-state index in [1.165, 1.54) is 19.2 Å². The van der Waals surface area contributed by atoms with E-state index in [4.69, 9.17) is 9.84 Å². The number of carboxylic acid groups (broad SMARTS) is 1. The largest absolute Gasteiger partial charge is 0.481 e. The van der Waals surface area contributed by atoms with Crippen LogP contribution in [0.3, 0.4) is 0 Å². The molecule has 120 valence electrons. The minimum absolute atomic E-state index is 0.0124. The fourth-order valence-corrected chi connectivity index (χ4v) is 2.11. The average molecular weight is 313 g/mol. The third-order valence-corrected chi connectivity index (χ3v) is 3.38. The fourth-order valence-electron chi connectivity index (χ4n) is 2.11. The highest BCUT2D eigenvalue weighted by Crippen LogP contribution is 2.27. The third-order valence-electron chi connectivity index (χ3n) is 3.38. The van der Waals surface area contributed by atoms with E-state index in [-0.39, 0.29) is 11.3 Å². The standard InChI is InChI=1S/C18H19NO4/c1-18(2,3)16(20)13-9-14(19-15(10-13)23-4)11-5-7-12(8-6-11)17(21)22/h5-10H,1-4H3,(H,21,22). The molecule has 0 saturated heterocycles. The zero-order chi connectivity index (χ0) is 17.2. The second-order valence-corrected chi connectivity index (χ2v) is 6.25. The Hall–Kier alpha value is -2.69. The van der Waals surface area contributed by atoms with E-state index < -0.39 is 11.4 Å². The lowest BCUT2D eigenvalue weighted by Gasteiger charge is -2.17. The lowest BCUT2D eigenvalue weighted by Crippen LogP contribution is -2.20. The second kappa shape index (κ2) is 6.20. The first-order valence-corrected chi connectivity index (χ1v) is 7.17. The molecule has 0 spiro atoms. The maximum atomic E-state index is 12.5. The molecule has 0 aliphatic carbocycles. The molecule has 5 nitrogen and oxygen atoms in total. The van der Waals surface area contributed by atoms with Crippen LogP contribution >= 0.6 is 0 Å². The lowest BCUT2D eigenvalue weighted by atomic mass is 9.86. The van der Waals surface area contributed by atoms with Gasteiger partial charge in [0.2, 0.25) is 5.88 Å². The molecular formula is C18H19NO4. The lowest BCUT2D eigenvalue weighted by molar-refractivity contribution is 0.0696. The first kappa shape index (κ1) is 16.7. The molecule has 23 heavy (non-hydrogen) atoms. The second-order valence-electron chi connectivity index (χ2n) is 6.25. The van der Waals surface area contributed by atoms with Crippen LogP contribution in [0.2, 0.25) is 0 Å². The van der Waals surface area contributed by atoms with Gasteiger partial charge in [-0.25, -0.2) is 9.78 Å². The number of carbonyl (C=O) groups is 2. The number of nitrogens with zero attached hydrogens (tertiary/aromatic N) is 1. The Balaban J connectivity index is 2.50. The Bertz CT molecular complexity index is 743. The van der Waals surface area contributed by atoms with Crippen LogP contribution < -0.4 is 4.74 Å². The number of carboxylic acids is 1. The van der Waals surface area contributed by atoms with Crippen LogP contribution in [0, 0.1) is 5.41 Å². The number of aromatic carboxylic acids is 1. The third kappa shape index (κ3) is 3.74. The highest BCUT2D eigenvalue weighted by molar-refractivity contribution is 6.00. The molecule has 1 aromatic heterocycles. The van der Waals surface area contributed by atoms with Gasteiger partial charge in [0.25, 0.3) is 0 Å². The van der Waals surface area contributed by atoms with Crippen LogP contribution in [-0.4, -0.2) is 29.0 Å². The molecule has 0 atom stereocenters. The number of pyridine rings is 1. The van der Waals surface area contributed by atoms with Gasteiger partial charge in [-0.05, 0) is 18.2 Å². The smallest absolute Gasteiger partial charge is 0.335 e. The number of carbonyl (C=O) groups excluding carboxylic acids is 1. The number of rotatable bonds is 4. The molecule has 0 amide bonds. The maximum Gasteiger partial charge on any atom is 0.335 e. The van der Waals surface area contributed by atoms with Crippen molar-refractivity contribution < 1.29 is 19.4 Å². The Morgan fingerprint density at radius 1 is 1.04 bits per heavy atom. The first-order chi connectivity index (χ1) is 10.7. The van der Waals surface area contributed by atoms with Gasteiger partial charge in [0.1, 0.15) is 0 Å². The Kier molecular flexibility index (Phi) is 4.50. The summed E-state index contributed by atoms with van der Waals surface area (Å²) in [4.78, 5) is 27.8. The van der Waals surface area contributed by atoms with Gasteiger partial charge in [-0.3, -0.25) is 4.79 Å². The van der Waals surface area contributed by atoms with Crippen molar-refractivity contribution in [3.8, 4) is 17.1 Å². The minimum atomic E-state index is -0.987. The summed E-state index contributed by atoms with van der Waals surface area (Å²) in [6.07, 6.45) is 0. The molecule has 0 unspecified atom stereocenters. The van der Waals surface area contributed by atoms with Crippen molar-refractivity contribution in [2.45, 2.75) is 20.8 Å². The number of hydrogen-bond acceptors (Lipinski definition) is 4. The van der Waals surface area contributed by atoms with Crippen molar-refractivity contribution in [2.24, 2.45) is 5.41 Å². The van der Waals surface area contributed by atoms with E-state index in [9.17, 15) is 9.59 Å². The van der Waals surface area contributed by atoms with E-state index in [0.29, 0.717) is 17.1 Å². The van der Waals surface area contributed by atoms with Crippen LogP contribution in [0.15, 0.2) is 36.4 Å².